The molecule has 1 N–H and O–H groups in total. The second kappa shape index (κ2) is 6.47. The quantitative estimate of drug-likeness (QED) is 0.818. The van der Waals surface area contributed by atoms with E-state index in [0.717, 1.165) is 24.5 Å². The third-order valence-electron chi connectivity index (χ3n) is 3.33. The number of aromatic nitrogens is 2. The first-order chi connectivity index (χ1) is 9.44. The molecular weight excluding hydrogens is 271 g/mol. The SMILES string of the molecule is Cc1cn(CCOCC(F)(F)F)c(NC2CCCC2)n1. The average Bonchev–Trinajstić information content (AvgIpc) is 2.94. The van der Waals surface area contributed by atoms with E-state index in [-0.39, 0.29) is 6.61 Å². The molecule has 7 heteroatoms. The highest BCUT2D eigenvalue weighted by molar-refractivity contribution is 5.30. The molecule has 1 fully saturated rings. The van der Waals surface area contributed by atoms with Crippen molar-refractivity contribution in [1.29, 1.82) is 0 Å². The van der Waals surface area contributed by atoms with E-state index in [1.807, 2.05) is 17.7 Å². The third-order valence-corrected chi connectivity index (χ3v) is 3.33. The van der Waals surface area contributed by atoms with Gasteiger partial charge in [0.1, 0.15) is 6.61 Å². The van der Waals surface area contributed by atoms with Crippen LogP contribution in [0.5, 0.6) is 0 Å². The van der Waals surface area contributed by atoms with Gasteiger partial charge >= 0.3 is 6.18 Å². The number of halogens is 3. The lowest BCUT2D eigenvalue weighted by Gasteiger charge is -2.15. The number of hydrogen-bond acceptors (Lipinski definition) is 3. The average molecular weight is 291 g/mol. The lowest BCUT2D eigenvalue weighted by Crippen LogP contribution is -2.21. The Labute approximate surface area is 116 Å². The largest absolute Gasteiger partial charge is 0.411 e. The fourth-order valence-electron chi connectivity index (χ4n) is 2.44. The zero-order valence-corrected chi connectivity index (χ0v) is 11.5. The molecule has 0 aromatic carbocycles. The number of anilines is 1. The molecule has 0 unspecified atom stereocenters. The van der Waals surface area contributed by atoms with Crippen molar-refractivity contribution in [2.24, 2.45) is 0 Å². The summed E-state index contributed by atoms with van der Waals surface area (Å²) in [5.41, 5.74) is 0.848. The lowest BCUT2D eigenvalue weighted by atomic mass is 10.2. The van der Waals surface area contributed by atoms with Gasteiger partial charge in [0.2, 0.25) is 5.95 Å². The van der Waals surface area contributed by atoms with Crippen molar-refractivity contribution in [2.75, 3.05) is 18.5 Å². The topological polar surface area (TPSA) is 39.1 Å². The van der Waals surface area contributed by atoms with Crippen LogP contribution in [0.25, 0.3) is 0 Å². The van der Waals surface area contributed by atoms with Crippen LogP contribution in [-0.2, 0) is 11.3 Å². The number of rotatable bonds is 6. The molecule has 0 radical (unpaired) electrons. The smallest absolute Gasteiger partial charge is 0.370 e. The Hall–Kier alpha value is -1.24. The van der Waals surface area contributed by atoms with E-state index < -0.39 is 12.8 Å². The van der Waals surface area contributed by atoms with Crippen molar-refractivity contribution < 1.29 is 17.9 Å². The van der Waals surface area contributed by atoms with Crippen molar-refractivity contribution in [2.45, 2.75) is 51.4 Å². The highest BCUT2D eigenvalue weighted by atomic mass is 19.4. The van der Waals surface area contributed by atoms with Gasteiger partial charge in [-0.05, 0) is 19.8 Å². The summed E-state index contributed by atoms with van der Waals surface area (Å²) in [5.74, 6) is 0.727. The van der Waals surface area contributed by atoms with Gasteiger partial charge in [0.15, 0.2) is 0 Å². The number of nitrogens with zero attached hydrogens (tertiary/aromatic N) is 2. The summed E-state index contributed by atoms with van der Waals surface area (Å²) in [6.07, 6.45) is 2.23. The Kier molecular flexibility index (Phi) is 4.91. The molecule has 1 aliphatic carbocycles. The van der Waals surface area contributed by atoms with Crippen LogP contribution in [-0.4, -0.2) is 35.0 Å². The summed E-state index contributed by atoms with van der Waals surface area (Å²) in [6.45, 7) is 1.06. The monoisotopic (exact) mass is 291 g/mol. The summed E-state index contributed by atoms with van der Waals surface area (Å²) < 4.78 is 42.4. The number of aryl methyl sites for hydroxylation is 1. The van der Waals surface area contributed by atoms with Gasteiger partial charge < -0.3 is 14.6 Å². The van der Waals surface area contributed by atoms with E-state index in [2.05, 4.69) is 15.0 Å². The summed E-state index contributed by atoms with van der Waals surface area (Å²) in [4.78, 5) is 4.38. The first-order valence-corrected chi connectivity index (χ1v) is 6.89. The molecule has 1 aliphatic rings. The van der Waals surface area contributed by atoms with E-state index >= 15 is 0 Å². The van der Waals surface area contributed by atoms with Gasteiger partial charge in [-0.1, -0.05) is 12.8 Å². The second-order valence-corrected chi connectivity index (χ2v) is 5.19. The molecule has 0 aliphatic heterocycles. The summed E-state index contributed by atoms with van der Waals surface area (Å²) >= 11 is 0. The van der Waals surface area contributed by atoms with E-state index in [9.17, 15) is 13.2 Å². The first-order valence-electron chi connectivity index (χ1n) is 6.89. The van der Waals surface area contributed by atoms with Crippen molar-refractivity contribution in [3.05, 3.63) is 11.9 Å². The van der Waals surface area contributed by atoms with Crippen molar-refractivity contribution in [3.63, 3.8) is 0 Å². The first kappa shape index (κ1) is 15.2. The van der Waals surface area contributed by atoms with Gasteiger partial charge in [0.25, 0.3) is 0 Å². The molecular formula is C13H20F3N3O. The van der Waals surface area contributed by atoms with Crippen LogP contribution >= 0.6 is 0 Å². The fraction of sp³-hybridized carbons (Fsp3) is 0.769. The van der Waals surface area contributed by atoms with Gasteiger partial charge in [-0.15, -0.1) is 0 Å². The highest BCUT2D eigenvalue weighted by Gasteiger charge is 2.27. The van der Waals surface area contributed by atoms with Gasteiger partial charge in [-0.3, -0.25) is 0 Å². The van der Waals surface area contributed by atoms with E-state index in [1.165, 1.54) is 12.8 Å². The Morgan fingerprint density at radius 3 is 2.75 bits per heavy atom. The normalized spacial score (nSPS) is 16.8. The lowest BCUT2D eigenvalue weighted by molar-refractivity contribution is -0.174. The molecule has 0 saturated heterocycles. The number of alkyl halides is 3. The maximum absolute atomic E-state index is 12.0. The molecule has 114 valence electrons. The molecule has 1 aromatic rings. The standard InChI is InChI=1S/C13H20F3N3O/c1-10-8-19(6-7-20-9-13(14,15)16)12(17-10)18-11-4-2-3-5-11/h8,11H,2-7,9H2,1H3,(H,17,18). The van der Waals surface area contributed by atoms with Crippen LogP contribution < -0.4 is 5.32 Å². The number of nitrogens with one attached hydrogen (secondary N) is 1. The minimum Gasteiger partial charge on any atom is -0.370 e. The molecule has 1 saturated carbocycles. The number of hydrogen-bond donors (Lipinski definition) is 1. The van der Waals surface area contributed by atoms with Crippen LogP contribution in [0.4, 0.5) is 19.1 Å². The maximum Gasteiger partial charge on any atom is 0.411 e. The molecule has 1 heterocycles. The predicted octanol–water partition coefficient (Wildman–Crippen LogP) is 3.12. The van der Waals surface area contributed by atoms with Crippen LogP contribution in [0.15, 0.2) is 6.20 Å². The molecule has 1 aromatic heterocycles. The Bertz CT molecular complexity index is 425. The Balaban J connectivity index is 1.84. The zero-order valence-electron chi connectivity index (χ0n) is 11.5. The summed E-state index contributed by atoms with van der Waals surface area (Å²) in [6, 6.07) is 0.423. The van der Waals surface area contributed by atoms with Gasteiger partial charge in [-0.2, -0.15) is 13.2 Å². The van der Waals surface area contributed by atoms with Crippen molar-refractivity contribution >= 4 is 5.95 Å². The van der Waals surface area contributed by atoms with Crippen molar-refractivity contribution in [3.8, 4) is 0 Å². The summed E-state index contributed by atoms with van der Waals surface area (Å²) in [7, 11) is 0. The minimum atomic E-state index is -4.27. The van der Waals surface area contributed by atoms with Crippen LogP contribution in [0.1, 0.15) is 31.4 Å². The minimum absolute atomic E-state index is 0.0225. The molecule has 2 rings (SSSR count). The zero-order chi connectivity index (χ0) is 14.6. The second-order valence-electron chi connectivity index (χ2n) is 5.19. The third kappa shape index (κ3) is 4.70. The number of ether oxygens (including phenoxy) is 1. The Morgan fingerprint density at radius 1 is 1.40 bits per heavy atom. The molecule has 0 amide bonds. The highest BCUT2D eigenvalue weighted by Crippen LogP contribution is 2.22. The predicted molar refractivity (Wildman–Crippen MR) is 69.7 cm³/mol. The molecule has 0 spiro atoms. The molecule has 4 nitrogen and oxygen atoms in total. The van der Waals surface area contributed by atoms with Crippen LogP contribution in [0, 0.1) is 6.92 Å². The molecule has 0 atom stereocenters. The van der Waals surface area contributed by atoms with Crippen molar-refractivity contribution in [1.82, 2.24) is 9.55 Å². The van der Waals surface area contributed by atoms with Crippen LogP contribution in [0.2, 0.25) is 0 Å². The van der Waals surface area contributed by atoms with Gasteiger partial charge in [0.05, 0.1) is 12.3 Å². The van der Waals surface area contributed by atoms with Gasteiger partial charge in [-0.25, -0.2) is 4.98 Å². The van der Waals surface area contributed by atoms with E-state index in [4.69, 9.17) is 0 Å². The fourth-order valence-corrected chi connectivity index (χ4v) is 2.44. The molecule has 20 heavy (non-hydrogen) atoms. The maximum atomic E-state index is 12.0. The molecule has 0 bridgehead atoms. The van der Waals surface area contributed by atoms with Crippen LogP contribution in [0.3, 0.4) is 0 Å². The number of imidazole rings is 1. The van der Waals surface area contributed by atoms with Gasteiger partial charge in [0, 0.05) is 18.8 Å². The van der Waals surface area contributed by atoms with E-state index in [1.54, 1.807) is 0 Å². The summed E-state index contributed by atoms with van der Waals surface area (Å²) in [5, 5.41) is 3.36. The van der Waals surface area contributed by atoms with E-state index in [0.29, 0.717) is 12.6 Å². The Morgan fingerprint density at radius 2 is 2.10 bits per heavy atom.